The summed E-state index contributed by atoms with van der Waals surface area (Å²) in [4.78, 5) is 0. The third-order valence-electron chi connectivity index (χ3n) is 3.10. The van der Waals surface area contributed by atoms with Gasteiger partial charge >= 0.3 is 0 Å². The molecular formula is C17H21NO2. The van der Waals surface area contributed by atoms with E-state index < -0.39 is 0 Å². The SMILES string of the molecule is CCc1ccc(OCCNc2cccc(OC)c2)cc1. The van der Waals surface area contributed by atoms with Crippen molar-refractivity contribution in [1.29, 1.82) is 0 Å². The Hall–Kier alpha value is -2.16. The lowest BCUT2D eigenvalue weighted by Crippen LogP contribution is -2.11. The summed E-state index contributed by atoms with van der Waals surface area (Å²) in [5, 5.41) is 3.31. The highest BCUT2D eigenvalue weighted by Gasteiger charge is 1.96. The Bertz CT molecular complexity index is 523. The number of rotatable bonds is 7. The molecule has 0 aliphatic carbocycles. The highest BCUT2D eigenvalue weighted by Crippen LogP contribution is 2.16. The average molecular weight is 271 g/mol. The van der Waals surface area contributed by atoms with Crippen LogP contribution < -0.4 is 14.8 Å². The van der Waals surface area contributed by atoms with E-state index >= 15 is 0 Å². The minimum atomic E-state index is 0.628. The Morgan fingerprint density at radius 3 is 2.50 bits per heavy atom. The van der Waals surface area contributed by atoms with E-state index in [1.165, 1.54) is 5.56 Å². The number of hydrogen-bond donors (Lipinski definition) is 1. The van der Waals surface area contributed by atoms with E-state index in [2.05, 4.69) is 24.4 Å². The molecule has 3 heteroatoms. The number of nitrogens with one attached hydrogen (secondary N) is 1. The number of benzene rings is 2. The lowest BCUT2D eigenvalue weighted by atomic mass is 10.2. The predicted octanol–water partition coefficient (Wildman–Crippen LogP) is 3.75. The number of hydrogen-bond acceptors (Lipinski definition) is 3. The average Bonchev–Trinajstić information content (AvgIpc) is 2.52. The van der Waals surface area contributed by atoms with Crippen LogP contribution in [0.2, 0.25) is 0 Å². The van der Waals surface area contributed by atoms with E-state index in [4.69, 9.17) is 9.47 Å². The summed E-state index contributed by atoms with van der Waals surface area (Å²) in [5.74, 6) is 1.76. The smallest absolute Gasteiger partial charge is 0.120 e. The summed E-state index contributed by atoms with van der Waals surface area (Å²) in [7, 11) is 1.67. The van der Waals surface area contributed by atoms with Crippen LogP contribution in [0.25, 0.3) is 0 Å². The van der Waals surface area contributed by atoms with Gasteiger partial charge in [-0.2, -0.15) is 0 Å². The molecule has 2 aromatic carbocycles. The van der Waals surface area contributed by atoms with Crippen LogP contribution in [-0.4, -0.2) is 20.3 Å². The summed E-state index contributed by atoms with van der Waals surface area (Å²) in [6.45, 7) is 3.53. The van der Waals surface area contributed by atoms with E-state index in [0.29, 0.717) is 6.61 Å². The van der Waals surface area contributed by atoms with Gasteiger partial charge in [-0.15, -0.1) is 0 Å². The van der Waals surface area contributed by atoms with Crippen LogP contribution in [0.1, 0.15) is 12.5 Å². The normalized spacial score (nSPS) is 10.1. The molecule has 0 aliphatic rings. The van der Waals surface area contributed by atoms with Crippen molar-refractivity contribution in [2.24, 2.45) is 0 Å². The topological polar surface area (TPSA) is 30.5 Å². The standard InChI is InChI=1S/C17H21NO2/c1-3-14-7-9-16(10-8-14)20-12-11-18-15-5-4-6-17(13-15)19-2/h4-10,13,18H,3,11-12H2,1-2H3. The van der Waals surface area contributed by atoms with Gasteiger partial charge in [0.1, 0.15) is 18.1 Å². The Balaban J connectivity index is 1.75. The highest BCUT2D eigenvalue weighted by molar-refractivity contribution is 5.48. The van der Waals surface area contributed by atoms with E-state index in [1.54, 1.807) is 7.11 Å². The van der Waals surface area contributed by atoms with Gasteiger partial charge in [-0.05, 0) is 36.2 Å². The molecule has 0 fully saturated rings. The van der Waals surface area contributed by atoms with Gasteiger partial charge in [0.2, 0.25) is 0 Å². The van der Waals surface area contributed by atoms with Crippen LogP contribution in [0, 0.1) is 0 Å². The van der Waals surface area contributed by atoms with Gasteiger partial charge in [0, 0.05) is 18.3 Å². The molecule has 0 saturated heterocycles. The van der Waals surface area contributed by atoms with Crippen LogP contribution in [-0.2, 0) is 6.42 Å². The summed E-state index contributed by atoms with van der Waals surface area (Å²) in [6, 6.07) is 16.1. The monoisotopic (exact) mass is 271 g/mol. The number of anilines is 1. The van der Waals surface area contributed by atoms with E-state index in [-0.39, 0.29) is 0 Å². The molecule has 0 aromatic heterocycles. The van der Waals surface area contributed by atoms with Gasteiger partial charge in [0.25, 0.3) is 0 Å². The Morgan fingerprint density at radius 2 is 1.80 bits per heavy atom. The molecule has 3 nitrogen and oxygen atoms in total. The molecule has 0 heterocycles. The fourth-order valence-electron chi connectivity index (χ4n) is 1.92. The quantitative estimate of drug-likeness (QED) is 0.778. The van der Waals surface area contributed by atoms with Crippen LogP contribution in [0.15, 0.2) is 48.5 Å². The molecule has 20 heavy (non-hydrogen) atoms. The molecule has 0 spiro atoms. The van der Waals surface area contributed by atoms with E-state index in [0.717, 1.165) is 30.2 Å². The fraction of sp³-hybridized carbons (Fsp3) is 0.294. The van der Waals surface area contributed by atoms with Crippen molar-refractivity contribution in [2.45, 2.75) is 13.3 Å². The predicted molar refractivity (Wildman–Crippen MR) is 82.8 cm³/mol. The van der Waals surface area contributed by atoms with Crippen molar-refractivity contribution in [3.8, 4) is 11.5 Å². The first kappa shape index (κ1) is 14.3. The number of aryl methyl sites for hydroxylation is 1. The molecule has 0 aliphatic heterocycles. The molecule has 0 atom stereocenters. The first-order valence-electron chi connectivity index (χ1n) is 6.91. The second-order valence-corrected chi connectivity index (χ2v) is 4.50. The zero-order valence-electron chi connectivity index (χ0n) is 12.1. The molecule has 1 N–H and O–H groups in total. The zero-order valence-corrected chi connectivity index (χ0v) is 12.1. The van der Waals surface area contributed by atoms with Crippen molar-refractivity contribution in [3.63, 3.8) is 0 Å². The van der Waals surface area contributed by atoms with Crippen molar-refractivity contribution >= 4 is 5.69 Å². The summed E-state index contributed by atoms with van der Waals surface area (Å²) in [5.41, 5.74) is 2.36. The van der Waals surface area contributed by atoms with Crippen LogP contribution in [0.3, 0.4) is 0 Å². The molecule has 2 rings (SSSR count). The van der Waals surface area contributed by atoms with Crippen LogP contribution >= 0.6 is 0 Å². The van der Waals surface area contributed by atoms with Gasteiger partial charge in [-0.1, -0.05) is 25.1 Å². The fourth-order valence-corrected chi connectivity index (χ4v) is 1.92. The highest BCUT2D eigenvalue weighted by atomic mass is 16.5. The first-order chi connectivity index (χ1) is 9.81. The molecule has 0 radical (unpaired) electrons. The number of methoxy groups -OCH3 is 1. The molecular weight excluding hydrogens is 250 g/mol. The molecule has 106 valence electrons. The van der Waals surface area contributed by atoms with Gasteiger partial charge in [0.05, 0.1) is 7.11 Å². The Kier molecular flexibility index (Phi) is 5.30. The van der Waals surface area contributed by atoms with Crippen molar-refractivity contribution in [2.75, 3.05) is 25.6 Å². The zero-order chi connectivity index (χ0) is 14.2. The van der Waals surface area contributed by atoms with Crippen LogP contribution in [0.4, 0.5) is 5.69 Å². The van der Waals surface area contributed by atoms with Gasteiger partial charge in [-0.3, -0.25) is 0 Å². The maximum Gasteiger partial charge on any atom is 0.120 e. The third-order valence-corrected chi connectivity index (χ3v) is 3.10. The molecule has 0 bridgehead atoms. The summed E-state index contributed by atoms with van der Waals surface area (Å²) in [6.07, 6.45) is 1.05. The van der Waals surface area contributed by atoms with Crippen LogP contribution in [0.5, 0.6) is 11.5 Å². The molecule has 0 unspecified atom stereocenters. The summed E-state index contributed by atoms with van der Waals surface area (Å²) < 4.78 is 10.9. The first-order valence-corrected chi connectivity index (χ1v) is 6.91. The maximum atomic E-state index is 5.69. The second-order valence-electron chi connectivity index (χ2n) is 4.50. The van der Waals surface area contributed by atoms with Crippen molar-refractivity contribution in [1.82, 2.24) is 0 Å². The minimum Gasteiger partial charge on any atom is -0.497 e. The maximum absolute atomic E-state index is 5.69. The summed E-state index contributed by atoms with van der Waals surface area (Å²) >= 11 is 0. The second kappa shape index (κ2) is 7.43. The Morgan fingerprint density at radius 1 is 1.00 bits per heavy atom. The lowest BCUT2D eigenvalue weighted by Gasteiger charge is -2.10. The van der Waals surface area contributed by atoms with Crippen molar-refractivity contribution < 1.29 is 9.47 Å². The van der Waals surface area contributed by atoms with Gasteiger partial charge in [0.15, 0.2) is 0 Å². The minimum absolute atomic E-state index is 0.628. The van der Waals surface area contributed by atoms with Gasteiger partial charge < -0.3 is 14.8 Å². The van der Waals surface area contributed by atoms with Crippen molar-refractivity contribution in [3.05, 3.63) is 54.1 Å². The molecule has 0 saturated carbocycles. The molecule has 0 amide bonds. The van der Waals surface area contributed by atoms with E-state index in [1.807, 2.05) is 36.4 Å². The molecule has 2 aromatic rings. The van der Waals surface area contributed by atoms with E-state index in [9.17, 15) is 0 Å². The lowest BCUT2D eigenvalue weighted by molar-refractivity contribution is 0.333. The largest absolute Gasteiger partial charge is 0.497 e. The third kappa shape index (κ3) is 4.19. The van der Waals surface area contributed by atoms with Gasteiger partial charge in [-0.25, -0.2) is 0 Å². The Labute approximate surface area is 120 Å². The number of ether oxygens (including phenoxy) is 2.